The lowest BCUT2D eigenvalue weighted by Crippen LogP contribution is -2.13. The molecule has 0 spiro atoms. The molecule has 0 bridgehead atoms. The number of aromatic amines is 1. The molecule has 0 unspecified atom stereocenters. The Kier molecular flexibility index (Phi) is 3.21. The summed E-state index contributed by atoms with van der Waals surface area (Å²) in [7, 11) is 1.72. The number of anilines is 1. The van der Waals surface area contributed by atoms with Gasteiger partial charge in [-0.15, -0.1) is 5.10 Å². The number of rotatable bonds is 3. The molecule has 0 aromatic carbocycles. The van der Waals surface area contributed by atoms with Crippen LogP contribution in [0.4, 0.5) is 11.5 Å². The van der Waals surface area contributed by atoms with Gasteiger partial charge in [0, 0.05) is 7.05 Å². The average Bonchev–Trinajstić information content (AvgIpc) is 2.87. The summed E-state index contributed by atoms with van der Waals surface area (Å²) in [5.74, 6) is -1.17. The van der Waals surface area contributed by atoms with Gasteiger partial charge < -0.3 is 15.4 Å². The first-order valence-corrected chi connectivity index (χ1v) is 5.47. The van der Waals surface area contributed by atoms with Crippen LogP contribution in [0.5, 0.6) is 0 Å². The second-order valence-corrected chi connectivity index (χ2v) is 4.09. The van der Waals surface area contributed by atoms with E-state index in [2.05, 4.69) is 20.6 Å². The van der Waals surface area contributed by atoms with Crippen LogP contribution >= 0.6 is 11.6 Å². The zero-order valence-corrected chi connectivity index (χ0v) is 10.7. The molecular weight excluding hydrogens is 276 g/mol. The number of carbonyl (C=O) groups is 1. The maximum absolute atomic E-state index is 11.9. The number of nitro groups is 1. The van der Waals surface area contributed by atoms with Crippen molar-refractivity contribution in [1.29, 1.82) is 0 Å². The first-order chi connectivity index (χ1) is 8.91. The predicted molar refractivity (Wildman–Crippen MR) is 66.2 cm³/mol. The maximum atomic E-state index is 11.9. The van der Waals surface area contributed by atoms with Crippen molar-refractivity contribution in [3.05, 3.63) is 32.7 Å². The van der Waals surface area contributed by atoms with E-state index in [-0.39, 0.29) is 10.7 Å². The summed E-state index contributed by atoms with van der Waals surface area (Å²) in [5, 5.41) is 22.4. The molecule has 0 aliphatic carbocycles. The zero-order chi connectivity index (χ0) is 14.2. The van der Waals surface area contributed by atoms with Crippen molar-refractivity contribution >= 4 is 29.0 Å². The fraction of sp³-hybridized carbons (Fsp3) is 0.222. The molecule has 19 heavy (non-hydrogen) atoms. The summed E-state index contributed by atoms with van der Waals surface area (Å²) < 4.78 is 1.57. The SMILES string of the molecule is Cc1c(NC(=O)c2n[nH]c([N+](=O)[O-])c2Cl)cnn1C. The number of amides is 1. The first kappa shape index (κ1) is 13.0. The van der Waals surface area contributed by atoms with Gasteiger partial charge >= 0.3 is 5.82 Å². The smallest absolute Gasteiger partial charge is 0.358 e. The van der Waals surface area contributed by atoms with E-state index in [0.29, 0.717) is 5.69 Å². The number of hydrogen-bond donors (Lipinski definition) is 2. The molecule has 2 N–H and O–H groups in total. The van der Waals surface area contributed by atoms with Crippen molar-refractivity contribution in [2.75, 3.05) is 5.32 Å². The fourth-order valence-electron chi connectivity index (χ4n) is 1.39. The van der Waals surface area contributed by atoms with E-state index >= 15 is 0 Å². The van der Waals surface area contributed by atoms with Crippen LogP contribution in [0.3, 0.4) is 0 Å². The normalized spacial score (nSPS) is 10.5. The van der Waals surface area contributed by atoms with Gasteiger partial charge in [-0.3, -0.25) is 9.48 Å². The fourth-order valence-corrected chi connectivity index (χ4v) is 1.63. The summed E-state index contributed by atoms with van der Waals surface area (Å²) in [6.45, 7) is 1.76. The van der Waals surface area contributed by atoms with Gasteiger partial charge in [0.25, 0.3) is 5.91 Å². The Balaban J connectivity index is 2.26. The van der Waals surface area contributed by atoms with E-state index in [4.69, 9.17) is 11.6 Å². The largest absolute Gasteiger partial charge is 0.362 e. The Morgan fingerprint density at radius 1 is 1.63 bits per heavy atom. The van der Waals surface area contributed by atoms with Gasteiger partial charge in [0.15, 0.2) is 10.7 Å². The lowest BCUT2D eigenvalue weighted by Gasteiger charge is -2.01. The molecule has 0 aliphatic rings. The third kappa shape index (κ3) is 2.27. The first-order valence-electron chi connectivity index (χ1n) is 5.10. The molecule has 0 saturated carbocycles. The molecule has 0 aliphatic heterocycles. The van der Waals surface area contributed by atoms with Gasteiger partial charge in [0.05, 0.1) is 17.6 Å². The monoisotopic (exact) mass is 284 g/mol. The number of nitrogens with one attached hydrogen (secondary N) is 2. The van der Waals surface area contributed by atoms with Crippen LogP contribution in [0.15, 0.2) is 6.20 Å². The molecule has 9 nitrogen and oxygen atoms in total. The van der Waals surface area contributed by atoms with Crippen LogP contribution in [0, 0.1) is 17.0 Å². The molecule has 0 atom stereocenters. The van der Waals surface area contributed by atoms with Gasteiger partial charge in [0.1, 0.15) is 0 Å². The lowest BCUT2D eigenvalue weighted by atomic mass is 10.3. The van der Waals surface area contributed by atoms with Crippen molar-refractivity contribution in [3.63, 3.8) is 0 Å². The number of hydrogen-bond acceptors (Lipinski definition) is 5. The van der Waals surface area contributed by atoms with E-state index in [1.165, 1.54) is 6.20 Å². The number of aromatic nitrogens is 4. The van der Waals surface area contributed by atoms with Crippen molar-refractivity contribution in [2.45, 2.75) is 6.92 Å². The summed E-state index contributed by atoms with van der Waals surface area (Å²) in [4.78, 5) is 21.7. The van der Waals surface area contributed by atoms with E-state index in [1.54, 1.807) is 18.7 Å². The summed E-state index contributed by atoms with van der Waals surface area (Å²) in [6, 6.07) is 0. The Morgan fingerprint density at radius 3 is 2.79 bits per heavy atom. The van der Waals surface area contributed by atoms with Crippen LogP contribution in [0.1, 0.15) is 16.2 Å². The number of nitrogens with zero attached hydrogens (tertiary/aromatic N) is 4. The van der Waals surface area contributed by atoms with Crippen molar-refractivity contribution in [2.24, 2.45) is 7.05 Å². The highest BCUT2D eigenvalue weighted by Gasteiger charge is 2.25. The highest BCUT2D eigenvalue weighted by atomic mass is 35.5. The number of aryl methyl sites for hydroxylation is 1. The molecule has 0 fully saturated rings. The van der Waals surface area contributed by atoms with E-state index in [9.17, 15) is 14.9 Å². The van der Waals surface area contributed by atoms with Crippen molar-refractivity contribution in [3.8, 4) is 0 Å². The Bertz CT molecular complexity index is 661. The molecule has 0 radical (unpaired) electrons. The van der Waals surface area contributed by atoms with Gasteiger partial charge in [-0.1, -0.05) is 16.7 Å². The molecular formula is C9H9ClN6O3. The Morgan fingerprint density at radius 2 is 2.32 bits per heavy atom. The van der Waals surface area contributed by atoms with Crippen LogP contribution in [-0.4, -0.2) is 30.8 Å². The number of halogens is 1. The van der Waals surface area contributed by atoms with Gasteiger partial charge in [-0.05, 0) is 11.8 Å². The third-order valence-corrected chi connectivity index (χ3v) is 2.93. The van der Waals surface area contributed by atoms with Gasteiger partial charge in [-0.2, -0.15) is 5.10 Å². The molecule has 2 aromatic heterocycles. The summed E-state index contributed by atoms with van der Waals surface area (Å²) in [6.07, 6.45) is 1.46. The minimum Gasteiger partial charge on any atom is -0.358 e. The Labute approximate surface area is 111 Å². The van der Waals surface area contributed by atoms with Crippen LogP contribution in [0.25, 0.3) is 0 Å². The molecule has 2 heterocycles. The summed E-state index contributed by atoms with van der Waals surface area (Å²) >= 11 is 5.71. The standard InChI is InChI=1S/C9H9ClN6O3/c1-4-5(3-11-15(4)2)12-9(17)7-6(10)8(14-13-7)16(18)19/h3H,1-2H3,(H,12,17)(H,13,14). The lowest BCUT2D eigenvalue weighted by molar-refractivity contribution is -0.389. The van der Waals surface area contributed by atoms with E-state index in [0.717, 1.165) is 5.69 Å². The van der Waals surface area contributed by atoms with Crippen LogP contribution < -0.4 is 5.32 Å². The second-order valence-electron chi connectivity index (χ2n) is 3.71. The number of carbonyl (C=O) groups excluding carboxylic acids is 1. The van der Waals surface area contributed by atoms with Gasteiger partial charge in [0.2, 0.25) is 0 Å². The highest BCUT2D eigenvalue weighted by Crippen LogP contribution is 2.25. The molecule has 0 saturated heterocycles. The predicted octanol–water partition coefficient (Wildman–Crippen LogP) is 1.27. The second kappa shape index (κ2) is 4.69. The molecule has 100 valence electrons. The molecule has 2 aromatic rings. The quantitative estimate of drug-likeness (QED) is 0.649. The minimum atomic E-state index is -0.749. The van der Waals surface area contributed by atoms with Crippen molar-refractivity contribution < 1.29 is 9.72 Å². The van der Waals surface area contributed by atoms with E-state index in [1.807, 2.05) is 0 Å². The third-order valence-electron chi connectivity index (χ3n) is 2.57. The molecule has 1 amide bonds. The van der Waals surface area contributed by atoms with Gasteiger partial charge in [-0.25, -0.2) is 0 Å². The average molecular weight is 285 g/mol. The zero-order valence-electron chi connectivity index (χ0n) is 9.97. The maximum Gasteiger partial charge on any atom is 0.362 e. The topological polar surface area (TPSA) is 119 Å². The van der Waals surface area contributed by atoms with Crippen LogP contribution in [-0.2, 0) is 7.05 Å². The summed E-state index contributed by atoms with van der Waals surface area (Å²) in [5.41, 5.74) is 0.973. The van der Waals surface area contributed by atoms with Crippen LogP contribution in [0.2, 0.25) is 5.02 Å². The molecule has 10 heteroatoms. The number of H-pyrrole nitrogens is 1. The molecule has 2 rings (SSSR count). The Hall–Kier alpha value is -2.42. The highest BCUT2D eigenvalue weighted by molar-refractivity contribution is 6.35. The van der Waals surface area contributed by atoms with Crippen molar-refractivity contribution in [1.82, 2.24) is 20.0 Å². The van der Waals surface area contributed by atoms with E-state index < -0.39 is 16.6 Å². The minimum absolute atomic E-state index is 0.239.